The molecular weight excluding hydrogens is 198 g/mol. The molecular formula is C14H17NO. The predicted molar refractivity (Wildman–Crippen MR) is 68.8 cm³/mol. The van der Waals surface area contributed by atoms with Gasteiger partial charge in [0.25, 0.3) is 0 Å². The Hall–Kier alpha value is -1.70. The summed E-state index contributed by atoms with van der Waals surface area (Å²) < 4.78 is 7.42. The maximum Gasteiger partial charge on any atom is 0.120 e. The third-order valence-corrected chi connectivity index (χ3v) is 2.73. The van der Waals surface area contributed by atoms with E-state index < -0.39 is 0 Å². The van der Waals surface area contributed by atoms with Gasteiger partial charge >= 0.3 is 0 Å². The van der Waals surface area contributed by atoms with E-state index in [9.17, 15) is 0 Å². The summed E-state index contributed by atoms with van der Waals surface area (Å²) >= 11 is 0. The summed E-state index contributed by atoms with van der Waals surface area (Å²) in [6, 6.07) is 8.35. The molecule has 2 nitrogen and oxygen atoms in total. The van der Waals surface area contributed by atoms with Gasteiger partial charge < -0.3 is 9.30 Å². The molecule has 1 heterocycles. The number of ether oxygens (including phenoxy) is 1. The van der Waals surface area contributed by atoms with Gasteiger partial charge in [0.1, 0.15) is 5.75 Å². The number of allylic oxidation sites excluding steroid dienone is 1. The van der Waals surface area contributed by atoms with E-state index in [0.29, 0.717) is 0 Å². The van der Waals surface area contributed by atoms with Gasteiger partial charge in [-0.15, -0.1) is 0 Å². The Labute approximate surface area is 96.1 Å². The van der Waals surface area contributed by atoms with Crippen LogP contribution < -0.4 is 4.74 Å². The molecule has 0 spiro atoms. The quantitative estimate of drug-likeness (QED) is 0.746. The van der Waals surface area contributed by atoms with Gasteiger partial charge in [-0.3, -0.25) is 0 Å². The van der Waals surface area contributed by atoms with E-state index in [-0.39, 0.29) is 0 Å². The zero-order chi connectivity index (χ0) is 11.7. The van der Waals surface area contributed by atoms with E-state index in [1.165, 1.54) is 22.2 Å². The molecule has 1 aromatic heterocycles. The van der Waals surface area contributed by atoms with Crippen LogP contribution in [0.15, 0.2) is 29.8 Å². The molecule has 2 rings (SSSR count). The molecule has 0 aliphatic carbocycles. The number of aromatic nitrogens is 1. The first-order chi connectivity index (χ1) is 7.61. The molecule has 0 saturated heterocycles. The molecule has 0 amide bonds. The van der Waals surface area contributed by atoms with Crippen molar-refractivity contribution < 1.29 is 4.74 Å². The topological polar surface area (TPSA) is 14.2 Å². The molecule has 2 aromatic rings. The minimum absolute atomic E-state index is 0.900. The first-order valence-corrected chi connectivity index (χ1v) is 5.40. The monoisotopic (exact) mass is 215 g/mol. The molecule has 0 aliphatic heterocycles. The summed E-state index contributed by atoms with van der Waals surface area (Å²) in [6.07, 6.45) is 2.19. The Morgan fingerprint density at radius 3 is 2.62 bits per heavy atom. The zero-order valence-electron chi connectivity index (χ0n) is 10.2. The predicted octanol–water partition coefficient (Wildman–Crippen LogP) is 3.61. The van der Waals surface area contributed by atoms with Crippen LogP contribution in [0.3, 0.4) is 0 Å². The van der Waals surface area contributed by atoms with Gasteiger partial charge in [-0.2, -0.15) is 0 Å². The van der Waals surface area contributed by atoms with E-state index in [4.69, 9.17) is 4.74 Å². The van der Waals surface area contributed by atoms with Crippen LogP contribution in [-0.4, -0.2) is 11.7 Å². The van der Waals surface area contributed by atoms with Crippen LogP contribution in [0.4, 0.5) is 0 Å². The minimum Gasteiger partial charge on any atom is -0.497 e. The molecule has 0 radical (unpaired) electrons. The van der Waals surface area contributed by atoms with E-state index in [0.717, 1.165) is 5.75 Å². The summed E-state index contributed by atoms with van der Waals surface area (Å²) in [7, 11) is 3.78. The Balaban J connectivity index is 2.64. The lowest BCUT2D eigenvalue weighted by molar-refractivity contribution is 0.415. The highest BCUT2D eigenvalue weighted by Gasteiger charge is 2.04. The fourth-order valence-electron chi connectivity index (χ4n) is 1.89. The van der Waals surface area contributed by atoms with Gasteiger partial charge in [-0.05, 0) is 38.1 Å². The van der Waals surface area contributed by atoms with E-state index >= 15 is 0 Å². The smallest absolute Gasteiger partial charge is 0.120 e. The summed E-state index contributed by atoms with van der Waals surface area (Å²) in [5, 5.41) is 1.25. The number of methoxy groups -OCH3 is 1. The number of aryl methyl sites for hydroxylation is 1. The largest absolute Gasteiger partial charge is 0.497 e. The Morgan fingerprint density at radius 2 is 2.00 bits per heavy atom. The first kappa shape index (κ1) is 10.8. The molecule has 16 heavy (non-hydrogen) atoms. The number of nitrogens with zero attached hydrogens (tertiary/aromatic N) is 1. The van der Waals surface area contributed by atoms with Crippen LogP contribution in [0.1, 0.15) is 19.5 Å². The standard InChI is InChI=1S/C14H17NO/c1-10(2)7-12-8-11-5-6-13(16-4)9-14(11)15(12)3/h5-9H,1-4H3. The van der Waals surface area contributed by atoms with Gasteiger partial charge in [-0.25, -0.2) is 0 Å². The summed E-state index contributed by atoms with van der Waals surface area (Å²) in [5.74, 6) is 0.900. The number of hydrogen-bond acceptors (Lipinski definition) is 1. The number of benzene rings is 1. The second-order valence-corrected chi connectivity index (χ2v) is 4.27. The van der Waals surface area contributed by atoms with Crippen molar-refractivity contribution in [3.63, 3.8) is 0 Å². The summed E-state index contributed by atoms with van der Waals surface area (Å²) in [6.45, 7) is 4.22. The number of rotatable bonds is 2. The molecule has 0 bridgehead atoms. The Kier molecular flexibility index (Phi) is 2.73. The van der Waals surface area contributed by atoms with Gasteiger partial charge in [0.15, 0.2) is 0 Å². The van der Waals surface area contributed by atoms with Crippen LogP contribution in [0.5, 0.6) is 5.75 Å². The minimum atomic E-state index is 0.900. The lowest BCUT2D eigenvalue weighted by Gasteiger charge is -2.02. The van der Waals surface area contributed by atoms with Crippen molar-refractivity contribution in [2.45, 2.75) is 13.8 Å². The van der Waals surface area contributed by atoms with Crippen LogP contribution in [0, 0.1) is 0 Å². The highest BCUT2D eigenvalue weighted by Crippen LogP contribution is 2.24. The average Bonchev–Trinajstić information content (AvgIpc) is 2.55. The van der Waals surface area contributed by atoms with Crippen molar-refractivity contribution in [3.05, 3.63) is 35.5 Å². The van der Waals surface area contributed by atoms with Gasteiger partial charge in [0.05, 0.1) is 12.6 Å². The number of hydrogen-bond donors (Lipinski definition) is 0. The number of fused-ring (bicyclic) bond motifs is 1. The van der Waals surface area contributed by atoms with Crippen molar-refractivity contribution in [2.75, 3.05) is 7.11 Å². The molecule has 2 heteroatoms. The van der Waals surface area contributed by atoms with Gasteiger partial charge in [0.2, 0.25) is 0 Å². The Bertz CT molecular complexity index is 545. The normalized spacial score (nSPS) is 10.5. The Morgan fingerprint density at radius 1 is 1.25 bits per heavy atom. The molecule has 0 unspecified atom stereocenters. The fourth-order valence-corrected chi connectivity index (χ4v) is 1.89. The summed E-state index contributed by atoms with van der Waals surface area (Å²) in [4.78, 5) is 0. The van der Waals surface area contributed by atoms with Crippen LogP contribution in [0.25, 0.3) is 17.0 Å². The molecule has 84 valence electrons. The first-order valence-electron chi connectivity index (χ1n) is 5.40. The van der Waals surface area contributed by atoms with Crippen molar-refractivity contribution in [3.8, 4) is 5.75 Å². The van der Waals surface area contributed by atoms with E-state index in [1.54, 1.807) is 7.11 Å². The molecule has 0 atom stereocenters. The van der Waals surface area contributed by atoms with Crippen molar-refractivity contribution in [1.82, 2.24) is 4.57 Å². The zero-order valence-corrected chi connectivity index (χ0v) is 10.2. The van der Waals surface area contributed by atoms with Crippen molar-refractivity contribution in [2.24, 2.45) is 7.05 Å². The molecule has 1 aromatic carbocycles. The van der Waals surface area contributed by atoms with Crippen LogP contribution >= 0.6 is 0 Å². The SMILES string of the molecule is COc1ccc2cc(C=C(C)C)n(C)c2c1. The lowest BCUT2D eigenvalue weighted by atomic mass is 10.2. The van der Waals surface area contributed by atoms with Gasteiger partial charge in [0, 0.05) is 24.2 Å². The highest BCUT2D eigenvalue weighted by molar-refractivity contribution is 5.85. The third kappa shape index (κ3) is 1.83. The van der Waals surface area contributed by atoms with Crippen molar-refractivity contribution in [1.29, 1.82) is 0 Å². The third-order valence-electron chi connectivity index (χ3n) is 2.73. The van der Waals surface area contributed by atoms with Crippen molar-refractivity contribution >= 4 is 17.0 Å². The maximum absolute atomic E-state index is 5.24. The lowest BCUT2D eigenvalue weighted by Crippen LogP contribution is -1.91. The second-order valence-electron chi connectivity index (χ2n) is 4.27. The highest BCUT2D eigenvalue weighted by atomic mass is 16.5. The average molecular weight is 215 g/mol. The molecule has 0 saturated carbocycles. The van der Waals surface area contributed by atoms with Gasteiger partial charge in [-0.1, -0.05) is 5.57 Å². The maximum atomic E-state index is 5.24. The van der Waals surface area contributed by atoms with Crippen LogP contribution in [-0.2, 0) is 7.05 Å². The second kappa shape index (κ2) is 4.05. The van der Waals surface area contributed by atoms with Crippen LogP contribution in [0.2, 0.25) is 0 Å². The molecule has 0 N–H and O–H groups in total. The molecule has 0 fully saturated rings. The van der Waals surface area contributed by atoms with E-state index in [2.05, 4.69) is 49.7 Å². The summed E-state index contributed by atoms with van der Waals surface area (Å²) in [5.41, 5.74) is 3.73. The fraction of sp³-hybridized carbons (Fsp3) is 0.286. The van der Waals surface area contributed by atoms with E-state index in [1.807, 2.05) is 6.07 Å². The molecule has 0 aliphatic rings.